The maximum atomic E-state index is 10.4. The minimum Gasteiger partial charge on any atom is -0.328 e. The molecule has 1 aromatic rings. The molecule has 0 amide bonds. The Morgan fingerprint density at radius 1 is 1.75 bits per heavy atom. The van der Waals surface area contributed by atoms with Gasteiger partial charge in [0.15, 0.2) is 0 Å². The summed E-state index contributed by atoms with van der Waals surface area (Å²) in [5.74, 6) is 0. The van der Waals surface area contributed by atoms with Crippen molar-refractivity contribution < 1.29 is 10.3 Å². The first kappa shape index (κ1) is 14.0. The summed E-state index contributed by atoms with van der Waals surface area (Å²) in [6.07, 6.45) is 0. The van der Waals surface area contributed by atoms with Crippen LogP contribution in [0.5, 0.6) is 0 Å². The molecule has 1 N–H and O–H groups in total. The molecule has 0 aliphatic carbocycles. The Labute approximate surface area is 87.8 Å². The van der Waals surface area contributed by atoms with E-state index in [9.17, 15) is 4.79 Å². The van der Waals surface area contributed by atoms with E-state index >= 15 is 0 Å². The average Bonchev–Trinajstić information content (AvgIpc) is 2.15. The van der Waals surface area contributed by atoms with E-state index in [0.717, 1.165) is 0 Å². The second-order valence-corrected chi connectivity index (χ2v) is 2.51. The quantitative estimate of drug-likeness (QED) is 0.340. The Kier molecular flexibility index (Phi) is 8.22. The summed E-state index contributed by atoms with van der Waals surface area (Å²) < 4.78 is 1.57. The third kappa shape index (κ3) is 7.50. The van der Waals surface area contributed by atoms with Crippen LogP contribution in [0.1, 0.15) is 0 Å². The van der Waals surface area contributed by atoms with E-state index in [2.05, 4.69) is 0 Å². The maximum absolute atomic E-state index is 10.4. The van der Waals surface area contributed by atoms with Crippen molar-refractivity contribution in [2.75, 3.05) is 0 Å². The molecule has 8 heteroatoms. The lowest BCUT2D eigenvalue weighted by Gasteiger charge is -1.76. The summed E-state index contributed by atoms with van der Waals surface area (Å²) in [6, 6.07) is 1.55. The summed E-state index contributed by atoms with van der Waals surface area (Å²) in [7, 11) is 1.74. The van der Waals surface area contributed by atoms with Gasteiger partial charge in [-0.15, -0.1) is 10.1 Å². The SMILES string of the molecule is Cn1sccc1=O.O=[N+]([O-])O.[MgH2]. The summed E-state index contributed by atoms with van der Waals surface area (Å²) in [6.45, 7) is 0. The molecule has 0 aliphatic rings. The number of nitrogens with zero attached hydrogens (tertiary/aromatic N) is 2. The van der Waals surface area contributed by atoms with Crippen LogP contribution in [0.3, 0.4) is 0 Å². The molecule has 0 saturated heterocycles. The zero-order valence-electron chi connectivity index (χ0n) is 5.63. The molecule has 0 spiro atoms. The largest absolute Gasteiger partial charge is 0.328 e. The Morgan fingerprint density at radius 2 is 2.17 bits per heavy atom. The third-order valence-electron chi connectivity index (χ3n) is 0.740. The van der Waals surface area contributed by atoms with Gasteiger partial charge in [0, 0.05) is 18.5 Å². The molecule has 0 fully saturated rings. The normalized spacial score (nSPS) is 7.42. The Bertz CT molecular complexity index is 279. The first-order chi connectivity index (χ1) is 5.04. The molecule has 0 radical (unpaired) electrons. The Balaban J connectivity index is 0. The summed E-state index contributed by atoms with van der Waals surface area (Å²) in [5.41, 5.74) is 0.0741. The highest BCUT2D eigenvalue weighted by Crippen LogP contribution is 1.84. The number of hydrogen-bond donors (Lipinski definition) is 1. The fourth-order valence-corrected chi connectivity index (χ4v) is 0.861. The lowest BCUT2D eigenvalue weighted by Crippen LogP contribution is -2.05. The minimum absolute atomic E-state index is 0. The van der Waals surface area contributed by atoms with Crippen molar-refractivity contribution in [3.63, 3.8) is 0 Å². The molecule has 0 bridgehead atoms. The van der Waals surface area contributed by atoms with Crippen molar-refractivity contribution in [2.45, 2.75) is 0 Å². The van der Waals surface area contributed by atoms with Gasteiger partial charge in [-0.05, 0) is 0 Å². The standard InChI is InChI=1S/C4H5NOS.Mg.HNO3.2H/c1-5-4(6)2-3-7-5;;2-1(3)4;;/h2-3H,1H3;;(H,2,3,4);;. The molecule has 0 unspecified atom stereocenters. The summed E-state index contributed by atoms with van der Waals surface area (Å²) >= 11 is 1.41. The summed E-state index contributed by atoms with van der Waals surface area (Å²) in [4.78, 5) is 18.8. The van der Waals surface area contributed by atoms with Crippen LogP contribution in [-0.2, 0) is 7.05 Å². The second kappa shape index (κ2) is 7.07. The van der Waals surface area contributed by atoms with Crippen LogP contribution < -0.4 is 5.56 Å². The van der Waals surface area contributed by atoms with Crippen molar-refractivity contribution in [2.24, 2.45) is 7.05 Å². The molecule has 6 nitrogen and oxygen atoms in total. The number of hydrogen-bond acceptors (Lipinski definition) is 4. The number of aryl methyl sites for hydroxylation is 1. The average molecular weight is 204 g/mol. The first-order valence-corrected chi connectivity index (χ1v) is 3.32. The van der Waals surface area contributed by atoms with Crippen molar-refractivity contribution in [3.05, 3.63) is 31.9 Å². The lowest BCUT2D eigenvalue weighted by molar-refractivity contribution is -0.742. The molecule has 1 heterocycles. The van der Waals surface area contributed by atoms with Crippen molar-refractivity contribution >= 4 is 34.6 Å². The topological polar surface area (TPSA) is 85.4 Å². The molecular formula is C4H8MgN2O4S. The second-order valence-electron chi connectivity index (χ2n) is 1.48. The minimum atomic E-state index is -1.50. The molecule has 0 atom stereocenters. The first-order valence-electron chi connectivity index (χ1n) is 2.48. The molecular weight excluding hydrogens is 196 g/mol. The van der Waals surface area contributed by atoms with Gasteiger partial charge in [-0.3, -0.25) is 8.75 Å². The van der Waals surface area contributed by atoms with E-state index in [-0.39, 0.29) is 28.6 Å². The molecule has 0 aliphatic heterocycles. The fraction of sp³-hybridized carbons (Fsp3) is 0.250. The number of aromatic nitrogens is 1. The van der Waals surface area contributed by atoms with Crippen LogP contribution in [0.2, 0.25) is 0 Å². The van der Waals surface area contributed by atoms with Gasteiger partial charge in [0.2, 0.25) is 0 Å². The van der Waals surface area contributed by atoms with Crippen LogP contribution in [0.25, 0.3) is 0 Å². The van der Waals surface area contributed by atoms with E-state index in [1.807, 2.05) is 0 Å². The van der Waals surface area contributed by atoms with Crippen molar-refractivity contribution in [3.8, 4) is 0 Å². The van der Waals surface area contributed by atoms with Crippen molar-refractivity contribution in [1.82, 2.24) is 3.96 Å². The molecule has 1 rings (SSSR count). The zero-order chi connectivity index (χ0) is 8.85. The molecule has 12 heavy (non-hydrogen) atoms. The predicted octanol–water partition coefficient (Wildman–Crippen LogP) is -0.817. The fourth-order valence-electron chi connectivity index (χ4n) is 0.337. The maximum Gasteiger partial charge on any atom is 0.316 e. The van der Waals surface area contributed by atoms with Crippen molar-refractivity contribution in [1.29, 1.82) is 0 Å². The highest BCUT2D eigenvalue weighted by atomic mass is 32.1. The van der Waals surface area contributed by atoms with Crippen LogP contribution in [0.15, 0.2) is 16.2 Å². The van der Waals surface area contributed by atoms with E-state index in [1.165, 1.54) is 11.5 Å². The zero-order valence-corrected chi connectivity index (χ0v) is 6.45. The van der Waals surface area contributed by atoms with Crippen LogP contribution in [-0.4, -0.2) is 37.3 Å². The van der Waals surface area contributed by atoms with E-state index in [0.29, 0.717) is 0 Å². The van der Waals surface area contributed by atoms with Crippen LogP contribution >= 0.6 is 11.5 Å². The lowest BCUT2D eigenvalue weighted by atomic mass is 10.7. The van der Waals surface area contributed by atoms with Crippen LogP contribution in [0.4, 0.5) is 0 Å². The monoisotopic (exact) mass is 204 g/mol. The van der Waals surface area contributed by atoms with Gasteiger partial charge in [0.05, 0.1) is 0 Å². The highest BCUT2D eigenvalue weighted by molar-refractivity contribution is 7.04. The molecule has 66 valence electrons. The molecule has 0 saturated carbocycles. The Morgan fingerprint density at radius 3 is 2.25 bits per heavy atom. The van der Waals surface area contributed by atoms with Gasteiger partial charge in [-0.2, -0.15) is 0 Å². The van der Waals surface area contributed by atoms with Gasteiger partial charge in [0.25, 0.3) is 10.6 Å². The van der Waals surface area contributed by atoms with Gasteiger partial charge in [0.1, 0.15) is 0 Å². The third-order valence-corrected chi connectivity index (χ3v) is 1.49. The van der Waals surface area contributed by atoms with Gasteiger partial charge < -0.3 is 5.21 Å². The van der Waals surface area contributed by atoms with Gasteiger partial charge in [-0.25, -0.2) is 0 Å². The summed E-state index contributed by atoms with van der Waals surface area (Å²) in [5, 5.41) is 15.4. The molecule has 1 aromatic heterocycles. The van der Waals surface area contributed by atoms with Crippen LogP contribution in [0, 0.1) is 10.1 Å². The number of rotatable bonds is 0. The van der Waals surface area contributed by atoms with E-state index < -0.39 is 5.09 Å². The van der Waals surface area contributed by atoms with Gasteiger partial charge in [-0.1, -0.05) is 11.5 Å². The highest BCUT2D eigenvalue weighted by Gasteiger charge is 1.82. The van der Waals surface area contributed by atoms with Gasteiger partial charge >= 0.3 is 23.1 Å². The smallest absolute Gasteiger partial charge is 0.316 e. The van der Waals surface area contributed by atoms with E-state index in [4.69, 9.17) is 15.3 Å². The predicted molar refractivity (Wildman–Crippen MR) is 46.9 cm³/mol. The van der Waals surface area contributed by atoms with E-state index in [1.54, 1.807) is 22.5 Å². The molecule has 0 aromatic carbocycles. The Hall–Kier alpha value is -0.604.